The molecule has 0 unspecified atom stereocenters. The second-order valence-corrected chi connectivity index (χ2v) is 5.53. The van der Waals surface area contributed by atoms with Gasteiger partial charge in [-0.05, 0) is 17.5 Å². The summed E-state index contributed by atoms with van der Waals surface area (Å²) in [4.78, 5) is 20.2. The number of hydrogen-bond acceptors (Lipinski definition) is 4. The molecule has 0 aliphatic rings. The zero-order chi connectivity index (χ0) is 11.1. The maximum absolute atomic E-state index is 11.5. The summed E-state index contributed by atoms with van der Waals surface area (Å²) >= 11 is 9.03. The van der Waals surface area contributed by atoms with E-state index in [-0.39, 0.29) is 5.56 Å². The molecule has 0 bridgehead atoms. The Bertz CT molecular complexity index is 713. The molecule has 0 saturated heterocycles. The molecule has 0 radical (unpaired) electrons. The van der Waals surface area contributed by atoms with Crippen LogP contribution >= 0.6 is 34.3 Å². The first-order valence-electron chi connectivity index (χ1n) is 4.46. The Morgan fingerprint density at radius 2 is 2.31 bits per heavy atom. The number of rotatable bonds is 1. The van der Waals surface area contributed by atoms with Crippen LogP contribution in [-0.2, 0) is 0 Å². The van der Waals surface area contributed by atoms with Crippen LogP contribution in [0.4, 0.5) is 0 Å². The van der Waals surface area contributed by atoms with Crippen molar-refractivity contribution in [3.05, 3.63) is 39.2 Å². The van der Waals surface area contributed by atoms with E-state index in [0.717, 1.165) is 9.75 Å². The first-order valence-corrected chi connectivity index (χ1v) is 6.54. The first-order chi connectivity index (χ1) is 7.75. The predicted octanol–water partition coefficient (Wildman–Crippen LogP) is 3.37. The topological polar surface area (TPSA) is 45.8 Å². The van der Waals surface area contributed by atoms with Crippen LogP contribution in [0.3, 0.4) is 0 Å². The van der Waals surface area contributed by atoms with E-state index < -0.39 is 0 Å². The summed E-state index contributed by atoms with van der Waals surface area (Å²) in [5.74, 6) is 0. The molecule has 80 valence electrons. The van der Waals surface area contributed by atoms with E-state index in [1.54, 1.807) is 11.3 Å². The zero-order valence-electron chi connectivity index (χ0n) is 7.86. The van der Waals surface area contributed by atoms with Crippen molar-refractivity contribution in [2.75, 3.05) is 0 Å². The van der Waals surface area contributed by atoms with Crippen LogP contribution in [0.15, 0.2) is 28.6 Å². The molecule has 0 fully saturated rings. The Balaban J connectivity index is 2.31. The van der Waals surface area contributed by atoms with Crippen LogP contribution in [0.1, 0.15) is 0 Å². The maximum Gasteiger partial charge on any atom is 0.268 e. The monoisotopic (exact) mass is 268 g/mol. The van der Waals surface area contributed by atoms with Crippen LogP contribution in [-0.4, -0.2) is 9.97 Å². The third-order valence-electron chi connectivity index (χ3n) is 2.16. The number of aromatic nitrogens is 2. The number of H-pyrrole nitrogens is 1. The predicted molar refractivity (Wildman–Crippen MR) is 68.6 cm³/mol. The molecule has 0 amide bonds. The van der Waals surface area contributed by atoms with Gasteiger partial charge in [0, 0.05) is 4.88 Å². The molecule has 3 rings (SSSR count). The quantitative estimate of drug-likeness (QED) is 0.735. The van der Waals surface area contributed by atoms with E-state index in [9.17, 15) is 4.79 Å². The standard InChI is InChI=1S/C10H5ClN2OS2/c11-5-1-2-15-8(5)7-3-6-9(16-7)10(14)13-4-12-6/h1-4H,(H,12,13,14). The molecule has 3 heterocycles. The van der Waals surface area contributed by atoms with Gasteiger partial charge in [0.2, 0.25) is 0 Å². The summed E-state index contributed by atoms with van der Waals surface area (Å²) < 4.78 is 0.641. The smallest absolute Gasteiger partial charge is 0.268 e. The lowest BCUT2D eigenvalue weighted by molar-refractivity contribution is 1.18. The van der Waals surface area contributed by atoms with Gasteiger partial charge in [0.1, 0.15) is 4.70 Å². The van der Waals surface area contributed by atoms with Crippen LogP contribution in [0.25, 0.3) is 20.0 Å². The number of nitrogens with one attached hydrogen (secondary N) is 1. The zero-order valence-corrected chi connectivity index (χ0v) is 10.2. The van der Waals surface area contributed by atoms with E-state index in [2.05, 4.69) is 9.97 Å². The van der Waals surface area contributed by atoms with Gasteiger partial charge in [-0.15, -0.1) is 22.7 Å². The third-order valence-corrected chi connectivity index (χ3v) is 4.80. The van der Waals surface area contributed by atoms with E-state index in [4.69, 9.17) is 11.6 Å². The van der Waals surface area contributed by atoms with Crippen molar-refractivity contribution in [1.82, 2.24) is 9.97 Å². The highest BCUT2D eigenvalue weighted by Crippen LogP contribution is 2.38. The molecule has 3 aromatic rings. The van der Waals surface area contributed by atoms with Gasteiger partial charge in [-0.2, -0.15) is 0 Å². The number of aromatic amines is 1. The fraction of sp³-hybridized carbons (Fsp3) is 0. The van der Waals surface area contributed by atoms with Gasteiger partial charge in [0.05, 0.1) is 21.7 Å². The third kappa shape index (κ3) is 1.48. The van der Waals surface area contributed by atoms with Crippen LogP contribution in [0.2, 0.25) is 5.02 Å². The molecular formula is C10H5ClN2OS2. The van der Waals surface area contributed by atoms with Gasteiger partial charge < -0.3 is 4.98 Å². The minimum Gasteiger partial charge on any atom is -0.312 e. The number of halogens is 1. The van der Waals surface area contributed by atoms with E-state index in [1.165, 1.54) is 17.7 Å². The molecule has 0 aromatic carbocycles. The number of hydrogen-bond donors (Lipinski definition) is 1. The lowest BCUT2D eigenvalue weighted by Crippen LogP contribution is -2.02. The van der Waals surface area contributed by atoms with Crippen molar-refractivity contribution >= 4 is 44.5 Å². The van der Waals surface area contributed by atoms with Gasteiger partial charge in [0.15, 0.2) is 0 Å². The van der Waals surface area contributed by atoms with Crippen molar-refractivity contribution in [2.24, 2.45) is 0 Å². The number of fused-ring (bicyclic) bond motifs is 1. The second kappa shape index (κ2) is 3.69. The Kier molecular flexibility index (Phi) is 2.31. The van der Waals surface area contributed by atoms with Gasteiger partial charge in [-0.25, -0.2) is 4.98 Å². The minimum absolute atomic E-state index is 0.103. The summed E-state index contributed by atoms with van der Waals surface area (Å²) in [6, 6.07) is 3.75. The molecule has 1 N–H and O–H groups in total. The SMILES string of the molecule is O=c1[nH]cnc2cc(-c3sccc3Cl)sc12. The number of thiophene rings is 2. The molecule has 0 aliphatic heterocycles. The van der Waals surface area contributed by atoms with Crippen molar-refractivity contribution < 1.29 is 0 Å². The second-order valence-electron chi connectivity index (χ2n) is 3.15. The van der Waals surface area contributed by atoms with E-state index >= 15 is 0 Å². The minimum atomic E-state index is -0.103. The van der Waals surface area contributed by atoms with Crippen molar-refractivity contribution in [3.8, 4) is 9.75 Å². The Labute approximate surface area is 103 Å². The highest BCUT2D eigenvalue weighted by atomic mass is 35.5. The van der Waals surface area contributed by atoms with Gasteiger partial charge in [-0.3, -0.25) is 4.79 Å². The highest BCUT2D eigenvalue weighted by molar-refractivity contribution is 7.25. The van der Waals surface area contributed by atoms with Crippen molar-refractivity contribution in [3.63, 3.8) is 0 Å². The van der Waals surface area contributed by atoms with E-state index in [0.29, 0.717) is 15.2 Å². The van der Waals surface area contributed by atoms with Crippen LogP contribution in [0, 0.1) is 0 Å². The molecular weight excluding hydrogens is 264 g/mol. The molecule has 0 aliphatic carbocycles. The fourth-order valence-electron chi connectivity index (χ4n) is 1.45. The summed E-state index contributed by atoms with van der Waals surface area (Å²) in [6.45, 7) is 0. The molecule has 6 heteroatoms. The molecule has 16 heavy (non-hydrogen) atoms. The average molecular weight is 269 g/mol. The molecule has 0 saturated carbocycles. The number of nitrogens with zero attached hydrogens (tertiary/aromatic N) is 1. The summed E-state index contributed by atoms with van der Waals surface area (Å²) in [6.07, 6.45) is 1.41. The Morgan fingerprint density at radius 3 is 3.00 bits per heavy atom. The normalized spacial score (nSPS) is 11.1. The average Bonchev–Trinajstić information content (AvgIpc) is 2.84. The fourth-order valence-corrected chi connectivity index (χ4v) is 3.80. The lowest BCUT2D eigenvalue weighted by Gasteiger charge is -1.89. The van der Waals surface area contributed by atoms with E-state index in [1.807, 2.05) is 17.5 Å². The van der Waals surface area contributed by atoms with Gasteiger partial charge in [0.25, 0.3) is 5.56 Å². The van der Waals surface area contributed by atoms with Crippen LogP contribution < -0.4 is 5.56 Å². The molecule has 3 aromatic heterocycles. The maximum atomic E-state index is 11.5. The summed E-state index contributed by atoms with van der Waals surface area (Å²) in [7, 11) is 0. The molecule has 3 nitrogen and oxygen atoms in total. The molecule has 0 spiro atoms. The summed E-state index contributed by atoms with van der Waals surface area (Å²) in [5, 5.41) is 2.65. The lowest BCUT2D eigenvalue weighted by atomic mass is 10.3. The van der Waals surface area contributed by atoms with Crippen molar-refractivity contribution in [2.45, 2.75) is 0 Å². The first kappa shape index (κ1) is 10.0. The largest absolute Gasteiger partial charge is 0.312 e. The Hall–Kier alpha value is -1.17. The van der Waals surface area contributed by atoms with Crippen LogP contribution in [0.5, 0.6) is 0 Å². The van der Waals surface area contributed by atoms with Gasteiger partial charge in [-0.1, -0.05) is 11.6 Å². The molecule has 0 atom stereocenters. The highest BCUT2D eigenvalue weighted by Gasteiger charge is 2.11. The van der Waals surface area contributed by atoms with Gasteiger partial charge >= 0.3 is 0 Å². The van der Waals surface area contributed by atoms with Crippen molar-refractivity contribution in [1.29, 1.82) is 0 Å². The summed E-state index contributed by atoms with van der Waals surface area (Å²) in [5.41, 5.74) is 0.613. The Morgan fingerprint density at radius 1 is 1.44 bits per heavy atom.